The van der Waals surface area contributed by atoms with Gasteiger partial charge in [-0.25, -0.2) is 0 Å². The number of hydrogen-bond donors (Lipinski definition) is 1. The third-order valence-corrected chi connectivity index (χ3v) is 4.90. The van der Waals surface area contributed by atoms with Crippen molar-refractivity contribution in [2.24, 2.45) is 0 Å². The van der Waals surface area contributed by atoms with Crippen LogP contribution in [-0.2, 0) is 13.1 Å². The standard InChI is InChI=1S/C15H19Br2N3/c1-4-20-14(15(17)11(3)19-20)9-18-10(2)12-6-5-7-13(16)8-12/h5-8,10,18H,4,9H2,1-3H3/t10-/m0/s1. The average molecular weight is 401 g/mol. The van der Waals surface area contributed by atoms with Crippen LogP contribution in [-0.4, -0.2) is 9.78 Å². The Labute approximate surface area is 137 Å². The van der Waals surface area contributed by atoms with Crippen molar-refractivity contribution in [2.45, 2.75) is 39.9 Å². The summed E-state index contributed by atoms with van der Waals surface area (Å²) in [5.41, 5.74) is 3.51. The average Bonchev–Trinajstić information content (AvgIpc) is 2.71. The molecule has 2 rings (SSSR count). The summed E-state index contributed by atoms with van der Waals surface area (Å²) < 4.78 is 4.26. The molecule has 1 aromatic heterocycles. The van der Waals surface area contributed by atoms with Gasteiger partial charge in [-0.15, -0.1) is 0 Å². The minimum Gasteiger partial charge on any atom is -0.305 e. The highest BCUT2D eigenvalue weighted by Gasteiger charge is 2.13. The van der Waals surface area contributed by atoms with E-state index in [1.165, 1.54) is 11.3 Å². The van der Waals surface area contributed by atoms with Crippen LogP contribution < -0.4 is 5.32 Å². The van der Waals surface area contributed by atoms with E-state index in [2.05, 4.69) is 74.3 Å². The highest BCUT2D eigenvalue weighted by molar-refractivity contribution is 9.10. The van der Waals surface area contributed by atoms with Crippen LogP contribution in [0.4, 0.5) is 0 Å². The molecule has 108 valence electrons. The minimum atomic E-state index is 0.292. The third-order valence-electron chi connectivity index (χ3n) is 3.38. The molecule has 0 aliphatic rings. The van der Waals surface area contributed by atoms with Crippen molar-refractivity contribution in [2.75, 3.05) is 0 Å². The maximum atomic E-state index is 4.52. The molecule has 1 aromatic carbocycles. The lowest BCUT2D eigenvalue weighted by molar-refractivity contribution is 0.530. The number of aromatic nitrogens is 2. The van der Waals surface area contributed by atoms with Gasteiger partial charge in [0.1, 0.15) is 0 Å². The number of nitrogens with zero attached hydrogens (tertiary/aromatic N) is 2. The van der Waals surface area contributed by atoms with E-state index >= 15 is 0 Å². The molecule has 1 heterocycles. The molecule has 0 bridgehead atoms. The van der Waals surface area contributed by atoms with E-state index in [0.29, 0.717) is 6.04 Å². The second kappa shape index (κ2) is 6.87. The summed E-state index contributed by atoms with van der Waals surface area (Å²) in [4.78, 5) is 0. The van der Waals surface area contributed by atoms with Crippen LogP contribution in [0.3, 0.4) is 0 Å². The highest BCUT2D eigenvalue weighted by atomic mass is 79.9. The molecule has 5 heteroatoms. The molecule has 3 nitrogen and oxygen atoms in total. The fourth-order valence-corrected chi connectivity index (χ4v) is 3.02. The van der Waals surface area contributed by atoms with Crippen LogP contribution in [0.15, 0.2) is 33.2 Å². The molecule has 0 aliphatic heterocycles. The van der Waals surface area contributed by atoms with Crippen LogP contribution in [0, 0.1) is 6.92 Å². The molecule has 2 aromatic rings. The number of hydrogen-bond acceptors (Lipinski definition) is 2. The van der Waals surface area contributed by atoms with Gasteiger partial charge >= 0.3 is 0 Å². The molecule has 0 saturated heterocycles. The van der Waals surface area contributed by atoms with Crippen molar-refractivity contribution < 1.29 is 0 Å². The molecule has 20 heavy (non-hydrogen) atoms. The third kappa shape index (κ3) is 3.51. The van der Waals surface area contributed by atoms with Gasteiger partial charge in [-0.2, -0.15) is 5.10 Å². The summed E-state index contributed by atoms with van der Waals surface area (Å²) in [5, 5.41) is 8.08. The van der Waals surface area contributed by atoms with Gasteiger partial charge in [0.05, 0.1) is 15.9 Å². The van der Waals surface area contributed by atoms with Crippen molar-refractivity contribution in [3.8, 4) is 0 Å². The zero-order valence-electron chi connectivity index (χ0n) is 12.0. The Morgan fingerprint density at radius 3 is 2.75 bits per heavy atom. The van der Waals surface area contributed by atoms with Crippen molar-refractivity contribution in [3.05, 3.63) is 50.2 Å². The van der Waals surface area contributed by atoms with Crippen LogP contribution in [0.2, 0.25) is 0 Å². The number of aryl methyl sites for hydroxylation is 2. The number of nitrogens with one attached hydrogen (secondary N) is 1. The van der Waals surface area contributed by atoms with E-state index in [9.17, 15) is 0 Å². The molecule has 0 fully saturated rings. The van der Waals surface area contributed by atoms with E-state index < -0.39 is 0 Å². The first-order chi connectivity index (χ1) is 9.52. The van der Waals surface area contributed by atoms with Gasteiger partial charge in [0.25, 0.3) is 0 Å². The predicted octanol–water partition coefficient (Wildman–Crippen LogP) is 4.59. The Kier molecular flexibility index (Phi) is 5.41. The smallest absolute Gasteiger partial charge is 0.0739 e. The van der Waals surface area contributed by atoms with Gasteiger partial charge in [0.15, 0.2) is 0 Å². The minimum absolute atomic E-state index is 0.292. The van der Waals surface area contributed by atoms with E-state index in [1.807, 2.05) is 17.7 Å². The molecule has 1 atom stereocenters. The number of rotatable bonds is 5. The number of halogens is 2. The van der Waals surface area contributed by atoms with Crippen molar-refractivity contribution in [3.63, 3.8) is 0 Å². The summed E-state index contributed by atoms with van der Waals surface area (Å²) in [5.74, 6) is 0. The van der Waals surface area contributed by atoms with E-state index in [0.717, 1.165) is 27.7 Å². The Morgan fingerprint density at radius 2 is 2.10 bits per heavy atom. The van der Waals surface area contributed by atoms with Crippen molar-refractivity contribution >= 4 is 31.9 Å². The SMILES string of the molecule is CCn1nc(C)c(Br)c1CN[C@@H](C)c1cccc(Br)c1. The van der Waals surface area contributed by atoms with Gasteiger partial charge in [0.2, 0.25) is 0 Å². The fourth-order valence-electron chi connectivity index (χ4n) is 2.18. The molecular formula is C15H19Br2N3. The Morgan fingerprint density at radius 1 is 1.35 bits per heavy atom. The van der Waals surface area contributed by atoms with Gasteiger partial charge in [0, 0.05) is 23.6 Å². The van der Waals surface area contributed by atoms with Gasteiger partial charge < -0.3 is 5.32 Å². The lowest BCUT2D eigenvalue weighted by atomic mass is 10.1. The van der Waals surface area contributed by atoms with Crippen LogP contribution in [0.5, 0.6) is 0 Å². The van der Waals surface area contributed by atoms with Crippen LogP contribution in [0.25, 0.3) is 0 Å². The molecule has 0 amide bonds. The lowest BCUT2D eigenvalue weighted by Crippen LogP contribution is -2.20. The summed E-state index contributed by atoms with van der Waals surface area (Å²) >= 11 is 7.14. The van der Waals surface area contributed by atoms with E-state index in [4.69, 9.17) is 0 Å². The summed E-state index contributed by atoms with van der Waals surface area (Å²) in [6, 6.07) is 8.69. The quantitative estimate of drug-likeness (QED) is 0.795. The molecular weight excluding hydrogens is 382 g/mol. The first-order valence-electron chi connectivity index (χ1n) is 6.73. The molecule has 0 spiro atoms. The van der Waals surface area contributed by atoms with Crippen LogP contribution in [0.1, 0.15) is 36.8 Å². The summed E-state index contributed by atoms with van der Waals surface area (Å²) in [6.07, 6.45) is 0. The van der Waals surface area contributed by atoms with Crippen LogP contribution >= 0.6 is 31.9 Å². The van der Waals surface area contributed by atoms with Crippen molar-refractivity contribution in [1.82, 2.24) is 15.1 Å². The number of benzene rings is 1. The molecule has 0 aliphatic carbocycles. The molecule has 0 unspecified atom stereocenters. The van der Waals surface area contributed by atoms with Gasteiger partial charge in [-0.05, 0) is 54.4 Å². The van der Waals surface area contributed by atoms with E-state index in [1.54, 1.807) is 0 Å². The predicted molar refractivity (Wildman–Crippen MR) is 89.7 cm³/mol. The lowest BCUT2D eigenvalue weighted by Gasteiger charge is -2.15. The fraction of sp³-hybridized carbons (Fsp3) is 0.400. The Hall–Kier alpha value is -0.650. The zero-order valence-corrected chi connectivity index (χ0v) is 15.1. The summed E-state index contributed by atoms with van der Waals surface area (Å²) in [6.45, 7) is 7.99. The second-order valence-corrected chi connectivity index (χ2v) is 6.53. The monoisotopic (exact) mass is 399 g/mol. The first-order valence-corrected chi connectivity index (χ1v) is 8.32. The summed E-state index contributed by atoms with van der Waals surface area (Å²) in [7, 11) is 0. The molecule has 1 N–H and O–H groups in total. The van der Waals surface area contributed by atoms with Gasteiger partial charge in [-0.3, -0.25) is 4.68 Å². The largest absolute Gasteiger partial charge is 0.305 e. The molecule has 0 saturated carbocycles. The maximum absolute atomic E-state index is 4.52. The van der Waals surface area contributed by atoms with E-state index in [-0.39, 0.29) is 0 Å². The first kappa shape index (κ1) is 15.7. The van der Waals surface area contributed by atoms with Crippen molar-refractivity contribution in [1.29, 1.82) is 0 Å². The zero-order chi connectivity index (χ0) is 14.7. The Balaban J connectivity index is 2.09. The molecule has 0 radical (unpaired) electrons. The normalized spacial score (nSPS) is 12.7. The Bertz CT molecular complexity index is 593. The highest BCUT2D eigenvalue weighted by Crippen LogP contribution is 2.23. The topological polar surface area (TPSA) is 29.9 Å². The van der Waals surface area contributed by atoms with Gasteiger partial charge in [-0.1, -0.05) is 28.1 Å². The second-order valence-electron chi connectivity index (χ2n) is 4.82. The maximum Gasteiger partial charge on any atom is 0.0739 e.